The number of benzene rings is 1. The molecule has 0 bridgehead atoms. The van der Waals surface area contributed by atoms with Crippen LogP contribution in [0.25, 0.3) is 0 Å². The van der Waals surface area contributed by atoms with E-state index in [2.05, 4.69) is 5.32 Å². The van der Waals surface area contributed by atoms with Gasteiger partial charge in [0.1, 0.15) is 23.9 Å². The third-order valence-corrected chi connectivity index (χ3v) is 2.80. The lowest BCUT2D eigenvalue weighted by molar-refractivity contribution is -0.121. The molecule has 19 heavy (non-hydrogen) atoms. The van der Waals surface area contributed by atoms with E-state index in [4.69, 9.17) is 14.7 Å². The van der Waals surface area contributed by atoms with E-state index in [0.29, 0.717) is 12.3 Å². The minimum absolute atomic E-state index is 0.218. The molecule has 100 valence electrons. The second kappa shape index (κ2) is 5.29. The van der Waals surface area contributed by atoms with Crippen LogP contribution in [0.2, 0.25) is 0 Å². The first kappa shape index (κ1) is 13.4. The van der Waals surface area contributed by atoms with E-state index in [-0.39, 0.29) is 12.0 Å². The third-order valence-electron chi connectivity index (χ3n) is 2.80. The molecule has 1 unspecified atom stereocenters. The highest BCUT2D eigenvalue weighted by Crippen LogP contribution is 2.20. The number of carbonyl (C=O) groups excluding carboxylic acids is 1. The smallest absolute Gasteiger partial charge is 0.244 e. The fraction of sp³-hybridized carbons (Fsp3) is 0.429. The highest BCUT2D eigenvalue weighted by atomic mass is 16.6. The normalized spacial score (nSPS) is 17.4. The molecule has 1 fully saturated rings. The number of amides is 1. The summed E-state index contributed by atoms with van der Waals surface area (Å²) in [6.07, 6.45) is 0.218. The van der Waals surface area contributed by atoms with Gasteiger partial charge in [0.15, 0.2) is 0 Å². The molecule has 0 radical (unpaired) electrons. The maximum absolute atomic E-state index is 11.8. The van der Waals surface area contributed by atoms with Crippen LogP contribution in [0.15, 0.2) is 24.3 Å². The lowest BCUT2D eigenvalue weighted by atomic mass is 9.94. The fourth-order valence-corrected chi connectivity index (χ4v) is 1.33. The summed E-state index contributed by atoms with van der Waals surface area (Å²) in [6, 6.07) is 9.00. The molecule has 1 aromatic rings. The Morgan fingerprint density at radius 1 is 1.53 bits per heavy atom. The highest BCUT2D eigenvalue weighted by molar-refractivity contribution is 5.96. The van der Waals surface area contributed by atoms with Gasteiger partial charge in [-0.3, -0.25) is 4.79 Å². The lowest BCUT2D eigenvalue weighted by Crippen LogP contribution is -2.29. The van der Waals surface area contributed by atoms with Crippen LogP contribution in [0.4, 0.5) is 5.69 Å². The summed E-state index contributed by atoms with van der Waals surface area (Å²) in [6.45, 7) is 4.47. The van der Waals surface area contributed by atoms with Crippen molar-refractivity contribution in [3.05, 3.63) is 24.3 Å². The number of hydrogen-bond donors (Lipinski definition) is 1. The topological polar surface area (TPSA) is 74.7 Å². The molecule has 0 aromatic heterocycles. The number of carbonyl (C=O) groups is 1. The number of nitrogens with zero attached hydrogens (tertiary/aromatic N) is 1. The molecule has 1 atom stereocenters. The Bertz CT molecular complexity index is 498. The highest BCUT2D eigenvalue weighted by Gasteiger charge is 2.27. The quantitative estimate of drug-likeness (QED) is 0.821. The van der Waals surface area contributed by atoms with E-state index in [1.807, 2.05) is 6.07 Å². The fourth-order valence-electron chi connectivity index (χ4n) is 1.33. The largest absolute Gasteiger partial charge is 0.491 e. The molecule has 1 aromatic carbocycles. The molecule has 5 heteroatoms. The Balaban J connectivity index is 1.91. The van der Waals surface area contributed by atoms with Crippen molar-refractivity contribution in [1.29, 1.82) is 5.26 Å². The van der Waals surface area contributed by atoms with Crippen molar-refractivity contribution in [3.63, 3.8) is 0 Å². The van der Waals surface area contributed by atoms with E-state index < -0.39 is 5.41 Å². The van der Waals surface area contributed by atoms with Gasteiger partial charge in [-0.15, -0.1) is 0 Å². The van der Waals surface area contributed by atoms with Gasteiger partial charge in [-0.1, -0.05) is 0 Å². The molecular formula is C14H16N2O3. The van der Waals surface area contributed by atoms with Gasteiger partial charge in [0.05, 0.1) is 12.7 Å². The minimum Gasteiger partial charge on any atom is -0.491 e. The molecule has 1 amide bonds. The van der Waals surface area contributed by atoms with E-state index in [0.717, 1.165) is 12.4 Å². The first-order valence-corrected chi connectivity index (χ1v) is 6.08. The van der Waals surface area contributed by atoms with Crippen molar-refractivity contribution in [2.45, 2.75) is 20.0 Å². The van der Waals surface area contributed by atoms with Crippen LogP contribution in [0.3, 0.4) is 0 Å². The monoisotopic (exact) mass is 260 g/mol. The van der Waals surface area contributed by atoms with Gasteiger partial charge >= 0.3 is 0 Å². The van der Waals surface area contributed by atoms with Crippen molar-refractivity contribution in [1.82, 2.24) is 0 Å². The number of anilines is 1. The van der Waals surface area contributed by atoms with Crippen molar-refractivity contribution in [2.24, 2.45) is 5.41 Å². The van der Waals surface area contributed by atoms with Gasteiger partial charge in [0, 0.05) is 5.69 Å². The lowest BCUT2D eigenvalue weighted by Gasteiger charge is -2.15. The zero-order chi connectivity index (χ0) is 13.9. The summed E-state index contributed by atoms with van der Waals surface area (Å²) >= 11 is 0. The second-order valence-corrected chi connectivity index (χ2v) is 4.98. The predicted octanol–water partition coefficient (Wildman–Crippen LogP) is 1.95. The van der Waals surface area contributed by atoms with Crippen molar-refractivity contribution >= 4 is 11.6 Å². The number of hydrogen-bond acceptors (Lipinski definition) is 4. The summed E-state index contributed by atoms with van der Waals surface area (Å²) < 4.78 is 10.5. The molecule has 1 N–H and O–H groups in total. The van der Waals surface area contributed by atoms with Crippen LogP contribution in [0.5, 0.6) is 5.75 Å². The van der Waals surface area contributed by atoms with Crippen LogP contribution < -0.4 is 10.1 Å². The Labute approximate surface area is 112 Å². The number of ether oxygens (including phenoxy) is 2. The van der Waals surface area contributed by atoms with E-state index in [9.17, 15) is 4.79 Å². The maximum Gasteiger partial charge on any atom is 0.244 e. The molecule has 2 rings (SSSR count). The number of nitrogens with one attached hydrogen (secondary N) is 1. The van der Waals surface area contributed by atoms with Crippen molar-refractivity contribution in [3.8, 4) is 11.8 Å². The molecule has 1 heterocycles. The first-order valence-electron chi connectivity index (χ1n) is 6.08. The number of epoxide rings is 1. The van der Waals surface area contributed by atoms with Gasteiger partial charge in [-0.05, 0) is 38.1 Å². The van der Waals surface area contributed by atoms with Crippen LogP contribution >= 0.6 is 0 Å². The number of nitriles is 1. The summed E-state index contributed by atoms with van der Waals surface area (Å²) in [5.41, 5.74) is -0.401. The summed E-state index contributed by atoms with van der Waals surface area (Å²) in [4.78, 5) is 11.8. The Morgan fingerprint density at radius 2 is 2.16 bits per heavy atom. The summed E-state index contributed by atoms with van der Waals surface area (Å²) in [5, 5.41) is 11.6. The van der Waals surface area contributed by atoms with Gasteiger partial charge < -0.3 is 14.8 Å². The minimum atomic E-state index is -1.04. The Morgan fingerprint density at radius 3 is 2.68 bits per heavy atom. The molecule has 1 aliphatic heterocycles. The van der Waals surface area contributed by atoms with E-state index in [1.165, 1.54) is 0 Å². The molecule has 1 aliphatic rings. The SMILES string of the molecule is CC(C)(C#N)C(=O)Nc1ccc(OCC2CO2)cc1. The molecular weight excluding hydrogens is 244 g/mol. The zero-order valence-electron chi connectivity index (χ0n) is 11.0. The van der Waals surface area contributed by atoms with E-state index >= 15 is 0 Å². The Hall–Kier alpha value is -2.06. The van der Waals surface area contributed by atoms with Crippen molar-refractivity contribution < 1.29 is 14.3 Å². The van der Waals surface area contributed by atoms with Crippen LogP contribution in [-0.4, -0.2) is 25.2 Å². The zero-order valence-corrected chi connectivity index (χ0v) is 11.0. The average Bonchev–Trinajstić information content (AvgIpc) is 3.22. The van der Waals surface area contributed by atoms with Crippen LogP contribution in [-0.2, 0) is 9.53 Å². The molecule has 0 aliphatic carbocycles. The van der Waals surface area contributed by atoms with Gasteiger partial charge in [-0.2, -0.15) is 5.26 Å². The maximum atomic E-state index is 11.8. The van der Waals surface area contributed by atoms with Crippen LogP contribution in [0, 0.1) is 16.7 Å². The van der Waals surface area contributed by atoms with Gasteiger partial charge in [-0.25, -0.2) is 0 Å². The van der Waals surface area contributed by atoms with Crippen molar-refractivity contribution in [2.75, 3.05) is 18.5 Å². The molecule has 5 nitrogen and oxygen atoms in total. The average molecular weight is 260 g/mol. The van der Waals surface area contributed by atoms with E-state index in [1.54, 1.807) is 38.1 Å². The van der Waals surface area contributed by atoms with Gasteiger partial charge in [0.2, 0.25) is 5.91 Å². The summed E-state index contributed by atoms with van der Waals surface area (Å²) in [5.74, 6) is 0.406. The second-order valence-electron chi connectivity index (χ2n) is 4.98. The summed E-state index contributed by atoms with van der Waals surface area (Å²) in [7, 11) is 0. The first-order chi connectivity index (χ1) is 9.01. The molecule has 0 saturated carbocycles. The molecule has 1 saturated heterocycles. The molecule has 0 spiro atoms. The Kier molecular flexibility index (Phi) is 3.72. The van der Waals surface area contributed by atoms with Gasteiger partial charge in [0.25, 0.3) is 0 Å². The number of rotatable bonds is 5. The standard InChI is InChI=1S/C14H16N2O3/c1-14(2,9-15)13(17)16-10-3-5-11(6-4-10)18-7-12-8-19-12/h3-6,12H,7-8H2,1-2H3,(H,16,17). The predicted molar refractivity (Wildman–Crippen MR) is 69.7 cm³/mol. The van der Waals surface area contributed by atoms with Crippen LogP contribution in [0.1, 0.15) is 13.8 Å². The third kappa shape index (κ3) is 3.70.